The van der Waals surface area contributed by atoms with Crippen LogP contribution in [0.5, 0.6) is 0 Å². The Labute approximate surface area is 79.9 Å². The van der Waals surface area contributed by atoms with Gasteiger partial charge < -0.3 is 4.79 Å². The standard InChI is InChI=1S/C10H9BrO/c11-10-2-1-8-3-7(6-12)4-9(8)5-10/h1-2,5-7H,3-4H2/t7-/m1/s1. The maximum absolute atomic E-state index is 10.5. The number of hydrogen-bond acceptors (Lipinski definition) is 1. The lowest BCUT2D eigenvalue weighted by Gasteiger charge is -1.96. The van der Waals surface area contributed by atoms with Gasteiger partial charge in [-0.1, -0.05) is 22.0 Å². The fraction of sp³-hybridized carbons (Fsp3) is 0.300. The normalized spacial score (nSPS) is 20.6. The summed E-state index contributed by atoms with van der Waals surface area (Å²) in [5.41, 5.74) is 2.65. The molecule has 2 heteroatoms. The van der Waals surface area contributed by atoms with Crippen LogP contribution in [0.4, 0.5) is 0 Å². The van der Waals surface area contributed by atoms with Crippen molar-refractivity contribution >= 4 is 22.2 Å². The van der Waals surface area contributed by atoms with Gasteiger partial charge in [0, 0.05) is 10.4 Å². The van der Waals surface area contributed by atoms with Crippen molar-refractivity contribution in [2.75, 3.05) is 0 Å². The van der Waals surface area contributed by atoms with Gasteiger partial charge in [-0.25, -0.2) is 0 Å². The molecule has 0 saturated carbocycles. The fourth-order valence-corrected chi connectivity index (χ4v) is 2.13. The molecule has 0 N–H and O–H groups in total. The Balaban J connectivity index is 2.35. The third-order valence-electron chi connectivity index (χ3n) is 2.32. The van der Waals surface area contributed by atoms with Crippen LogP contribution in [0.3, 0.4) is 0 Å². The van der Waals surface area contributed by atoms with Crippen LogP contribution in [0.2, 0.25) is 0 Å². The number of benzene rings is 1. The van der Waals surface area contributed by atoms with Crippen molar-refractivity contribution in [3.05, 3.63) is 33.8 Å². The molecule has 2 rings (SSSR count). The summed E-state index contributed by atoms with van der Waals surface area (Å²) in [6, 6.07) is 6.24. The van der Waals surface area contributed by atoms with Crippen LogP contribution in [-0.4, -0.2) is 6.29 Å². The van der Waals surface area contributed by atoms with Gasteiger partial charge in [0.1, 0.15) is 6.29 Å². The Kier molecular flexibility index (Phi) is 2.01. The zero-order valence-electron chi connectivity index (χ0n) is 6.59. The van der Waals surface area contributed by atoms with Crippen LogP contribution in [0.1, 0.15) is 11.1 Å². The van der Waals surface area contributed by atoms with Crippen LogP contribution in [0.15, 0.2) is 22.7 Å². The minimum absolute atomic E-state index is 0.217. The highest BCUT2D eigenvalue weighted by Gasteiger charge is 2.20. The van der Waals surface area contributed by atoms with Crippen molar-refractivity contribution < 1.29 is 4.79 Å². The highest BCUT2D eigenvalue weighted by molar-refractivity contribution is 9.10. The molecule has 1 aliphatic rings. The van der Waals surface area contributed by atoms with E-state index in [1.165, 1.54) is 11.1 Å². The monoisotopic (exact) mass is 224 g/mol. The molecule has 1 atom stereocenters. The molecule has 1 aromatic carbocycles. The van der Waals surface area contributed by atoms with E-state index in [1.54, 1.807) is 0 Å². The summed E-state index contributed by atoms with van der Waals surface area (Å²) in [4.78, 5) is 10.5. The summed E-state index contributed by atoms with van der Waals surface area (Å²) in [6.45, 7) is 0. The van der Waals surface area contributed by atoms with Crippen molar-refractivity contribution in [3.8, 4) is 0 Å². The predicted molar refractivity (Wildman–Crippen MR) is 51.1 cm³/mol. The lowest BCUT2D eigenvalue weighted by molar-refractivity contribution is -0.110. The largest absolute Gasteiger partial charge is 0.303 e. The Morgan fingerprint density at radius 2 is 2.08 bits per heavy atom. The second kappa shape index (κ2) is 3.02. The predicted octanol–water partition coefficient (Wildman–Crippen LogP) is 2.36. The van der Waals surface area contributed by atoms with Crippen LogP contribution in [-0.2, 0) is 17.6 Å². The highest BCUT2D eigenvalue weighted by atomic mass is 79.9. The molecule has 0 aromatic heterocycles. The Bertz CT molecular complexity index is 320. The third-order valence-corrected chi connectivity index (χ3v) is 2.82. The van der Waals surface area contributed by atoms with Crippen molar-refractivity contribution in [2.24, 2.45) is 5.92 Å². The van der Waals surface area contributed by atoms with Gasteiger partial charge in [-0.2, -0.15) is 0 Å². The minimum atomic E-state index is 0.217. The summed E-state index contributed by atoms with van der Waals surface area (Å²) >= 11 is 3.42. The first-order valence-corrected chi connectivity index (χ1v) is 4.81. The molecule has 12 heavy (non-hydrogen) atoms. The van der Waals surface area contributed by atoms with E-state index in [1.807, 2.05) is 6.07 Å². The number of carbonyl (C=O) groups is 1. The van der Waals surface area contributed by atoms with E-state index in [2.05, 4.69) is 28.1 Å². The number of hydrogen-bond donors (Lipinski definition) is 0. The van der Waals surface area contributed by atoms with E-state index in [0.717, 1.165) is 23.6 Å². The molecule has 1 aliphatic carbocycles. The highest BCUT2D eigenvalue weighted by Crippen LogP contribution is 2.27. The number of halogens is 1. The first-order chi connectivity index (χ1) is 5.79. The first-order valence-electron chi connectivity index (χ1n) is 4.02. The van der Waals surface area contributed by atoms with E-state index < -0.39 is 0 Å². The lowest BCUT2D eigenvalue weighted by Crippen LogP contribution is -1.99. The van der Waals surface area contributed by atoms with Crippen LogP contribution < -0.4 is 0 Å². The van der Waals surface area contributed by atoms with Gasteiger partial charge in [-0.3, -0.25) is 0 Å². The molecule has 1 aromatic rings. The number of rotatable bonds is 1. The molecule has 0 saturated heterocycles. The molecule has 0 spiro atoms. The molecular formula is C10H9BrO. The first kappa shape index (κ1) is 7.99. The molecule has 0 aliphatic heterocycles. The van der Waals surface area contributed by atoms with Gasteiger partial charge in [0.15, 0.2) is 0 Å². The topological polar surface area (TPSA) is 17.1 Å². The van der Waals surface area contributed by atoms with E-state index in [4.69, 9.17) is 0 Å². The molecule has 0 radical (unpaired) electrons. The summed E-state index contributed by atoms with van der Waals surface area (Å²) in [5, 5.41) is 0. The van der Waals surface area contributed by atoms with Crippen LogP contribution in [0.25, 0.3) is 0 Å². The van der Waals surface area contributed by atoms with Gasteiger partial charge >= 0.3 is 0 Å². The number of carbonyl (C=O) groups excluding carboxylic acids is 1. The molecule has 0 heterocycles. The van der Waals surface area contributed by atoms with E-state index >= 15 is 0 Å². The van der Waals surface area contributed by atoms with Gasteiger partial charge in [0.25, 0.3) is 0 Å². The van der Waals surface area contributed by atoms with Crippen molar-refractivity contribution in [2.45, 2.75) is 12.8 Å². The summed E-state index contributed by atoms with van der Waals surface area (Å²) in [5.74, 6) is 0.217. The molecule has 62 valence electrons. The fourth-order valence-electron chi connectivity index (χ4n) is 1.72. The molecular weight excluding hydrogens is 216 g/mol. The molecule has 0 fully saturated rings. The number of fused-ring (bicyclic) bond motifs is 1. The smallest absolute Gasteiger partial charge is 0.123 e. The average molecular weight is 225 g/mol. The van der Waals surface area contributed by atoms with Gasteiger partial charge in [-0.05, 0) is 36.1 Å². The summed E-state index contributed by atoms with van der Waals surface area (Å²) in [7, 11) is 0. The second-order valence-corrected chi connectivity index (χ2v) is 4.13. The van der Waals surface area contributed by atoms with Crippen LogP contribution >= 0.6 is 15.9 Å². The van der Waals surface area contributed by atoms with Crippen LogP contribution in [0, 0.1) is 5.92 Å². The SMILES string of the molecule is O=C[C@@H]1Cc2ccc(Br)cc2C1. The molecule has 1 nitrogen and oxygen atoms in total. The maximum Gasteiger partial charge on any atom is 0.123 e. The number of aldehydes is 1. The van der Waals surface area contributed by atoms with Crippen molar-refractivity contribution in [1.82, 2.24) is 0 Å². The van der Waals surface area contributed by atoms with Gasteiger partial charge in [0.2, 0.25) is 0 Å². The molecule has 0 amide bonds. The quantitative estimate of drug-likeness (QED) is 0.670. The summed E-state index contributed by atoms with van der Waals surface area (Å²) < 4.78 is 1.10. The van der Waals surface area contributed by atoms with E-state index in [0.29, 0.717) is 0 Å². The zero-order chi connectivity index (χ0) is 8.55. The van der Waals surface area contributed by atoms with E-state index in [9.17, 15) is 4.79 Å². The van der Waals surface area contributed by atoms with Gasteiger partial charge in [-0.15, -0.1) is 0 Å². The average Bonchev–Trinajstić information content (AvgIpc) is 2.46. The molecule has 0 unspecified atom stereocenters. The maximum atomic E-state index is 10.5. The lowest BCUT2D eigenvalue weighted by atomic mass is 10.1. The second-order valence-electron chi connectivity index (χ2n) is 3.22. The Morgan fingerprint density at radius 1 is 1.33 bits per heavy atom. The Morgan fingerprint density at radius 3 is 2.83 bits per heavy atom. The van der Waals surface area contributed by atoms with E-state index in [-0.39, 0.29) is 5.92 Å². The summed E-state index contributed by atoms with van der Waals surface area (Å²) in [6.07, 6.45) is 2.90. The van der Waals surface area contributed by atoms with Gasteiger partial charge in [0.05, 0.1) is 0 Å². The van der Waals surface area contributed by atoms with Crippen molar-refractivity contribution in [3.63, 3.8) is 0 Å². The molecule has 0 bridgehead atoms. The third kappa shape index (κ3) is 1.31. The Hall–Kier alpha value is -0.630. The zero-order valence-corrected chi connectivity index (χ0v) is 8.17. The minimum Gasteiger partial charge on any atom is -0.303 e. The van der Waals surface area contributed by atoms with Crippen molar-refractivity contribution in [1.29, 1.82) is 0 Å².